The summed E-state index contributed by atoms with van der Waals surface area (Å²) in [5, 5.41) is 10.6. The molecule has 0 radical (unpaired) electrons. The van der Waals surface area contributed by atoms with Crippen molar-refractivity contribution in [3.8, 4) is 56.3 Å². The fourth-order valence-corrected chi connectivity index (χ4v) is 20.2. The van der Waals surface area contributed by atoms with Crippen LogP contribution in [0.4, 0.5) is 0 Å². The Morgan fingerprint density at radius 1 is 0.252 bits per heavy atom. The van der Waals surface area contributed by atoms with Gasteiger partial charge in [-0.1, -0.05) is 185 Å². The van der Waals surface area contributed by atoms with E-state index in [9.17, 15) is 0 Å². The second kappa shape index (κ2) is 42.3. The van der Waals surface area contributed by atoms with Gasteiger partial charge in [-0.05, 0) is 278 Å². The van der Waals surface area contributed by atoms with E-state index in [0.29, 0.717) is 82.5 Å². The van der Waals surface area contributed by atoms with Crippen molar-refractivity contribution in [3.05, 3.63) is 295 Å². The van der Waals surface area contributed by atoms with Gasteiger partial charge in [0.1, 0.15) is 35.2 Å². The molecule has 0 bridgehead atoms. The van der Waals surface area contributed by atoms with Crippen LogP contribution < -0.4 is 22.8 Å². The van der Waals surface area contributed by atoms with Crippen LogP contribution in [0, 0.1) is 98.7 Å². The highest BCUT2D eigenvalue weighted by Gasteiger charge is 2.31. The maximum Gasteiger partial charge on any atom is 0.227 e. The quantitative estimate of drug-likeness (QED) is 0.0675. The number of rotatable bonds is 20. The molecule has 20 rings (SSSR count). The molecular weight excluding hydrogens is 1760 g/mol. The summed E-state index contributed by atoms with van der Waals surface area (Å²) in [6.07, 6.45) is 13.9. The molecule has 143 heavy (non-hydrogen) atoms. The predicted octanol–water partition coefficient (Wildman–Crippen LogP) is 30.9. The summed E-state index contributed by atoms with van der Waals surface area (Å²) in [6, 6.07) is 53.1. The number of hydrogen-bond acceptors (Lipinski definition) is 10. The van der Waals surface area contributed by atoms with Gasteiger partial charge >= 0.3 is 0 Å². The SMILES string of the molecule is CCc1ccc2c(n1)oc1c(-c3cc(CC(C)C)c(C)c[n+]3C)c(C)ccc12.Cc1c[n+](C)c(-c2c(C)ccc3c2oc2nc(C(C)C)ccc23)cc1CC(C)C.[2H]C([2H])([2H])c1c[n+](C)c(-c2c(C)ccc3c2oc2nc(C(C)C)ccc23)cc1CC(C)C.[2H]C([2H])([2H])c1c[n+](C)c(-c2c(C)ccc3c2oc2nc(CC)ccc23)cc1CC(C)C.[2H]C([2H])(c1c[n+](C)c(-c2c(C)ccc3c2oc2nc(C(C)C)ccc23)cc1C)C(C)C. The third kappa shape index (κ3) is 21.1. The van der Waals surface area contributed by atoms with E-state index < -0.39 is 20.1 Å². The molecule has 15 nitrogen and oxygen atoms in total. The topological polar surface area (TPSA) is 150 Å². The summed E-state index contributed by atoms with van der Waals surface area (Å²) >= 11 is 0. The number of nitrogens with zero attached hydrogens (tertiary/aromatic N) is 10. The normalized spacial score (nSPS) is 13.1. The molecule has 0 atom stereocenters. The van der Waals surface area contributed by atoms with Crippen LogP contribution in [-0.2, 0) is 80.1 Å². The average Bonchev–Trinajstić information content (AvgIpc) is 1.65. The average molecular weight is 1920 g/mol. The monoisotopic (exact) mass is 1920 g/mol. The second-order valence-corrected chi connectivity index (χ2v) is 42.9. The molecule has 738 valence electrons. The fourth-order valence-electron chi connectivity index (χ4n) is 20.2. The van der Waals surface area contributed by atoms with Gasteiger partial charge in [0.15, 0.2) is 58.9 Å². The predicted molar refractivity (Wildman–Crippen MR) is 592 cm³/mol. The Morgan fingerprint density at radius 3 is 0.727 bits per heavy atom. The van der Waals surface area contributed by atoms with Crippen molar-refractivity contribution in [1.82, 2.24) is 24.9 Å². The van der Waals surface area contributed by atoms with Crippen molar-refractivity contribution in [2.45, 2.75) is 256 Å². The molecule has 15 aromatic heterocycles. The number of pyridine rings is 10. The molecule has 0 saturated heterocycles. The first-order chi connectivity index (χ1) is 71.2. The van der Waals surface area contributed by atoms with Crippen molar-refractivity contribution in [2.24, 2.45) is 64.8 Å². The van der Waals surface area contributed by atoms with Gasteiger partial charge in [0.2, 0.25) is 57.0 Å². The van der Waals surface area contributed by atoms with E-state index in [0.717, 1.165) is 220 Å². The molecule has 0 spiro atoms. The summed E-state index contributed by atoms with van der Waals surface area (Å²) in [5.74, 6) is 2.86. The van der Waals surface area contributed by atoms with Gasteiger partial charge in [-0.25, -0.2) is 47.8 Å². The lowest BCUT2D eigenvalue weighted by atomic mass is 9.95. The molecule has 20 aromatic rings. The third-order valence-electron chi connectivity index (χ3n) is 27.9. The molecule has 0 N–H and O–H groups in total. The lowest BCUT2D eigenvalue weighted by Gasteiger charge is -2.11. The van der Waals surface area contributed by atoms with Crippen LogP contribution in [0.15, 0.2) is 205 Å². The zero-order valence-electron chi connectivity index (χ0n) is 98.2. The maximum absolute atomic E-state index is 8.56. The van der Waals surface area contributed by atoms with Gasteiger partial charge < -0.3 is 22.1 Å². The minimum absolute atomic E-state index is 0.112. The van der Waals surface area contributed by atoms with E-state index in [2.05, 4.69) is 333 Å². The van der Waals surface area contributed by atoms with Crippen molar-refractivity contribution in [2.75, 3.05) is 0 Å². The third-order valence-corrected chi connectivity index (χ3v) is 27.9. The van der Waals surface area contributed by atoms with Crippen LogP contribution in [0.5, 0.6) is 0 Å². The van der Waals surface area contributed by atoms with Crippen molar-refractivity contribution >= 4 is 110 Å². The van der Waals surface area contributed by atoms with E-state index in [-0.39, 0.29) is 5.92 Å². The van der Waals surface area contributed by atoms with E-state index >= 15 is 0 Å². The molecule has 0 fully saturated rings. The van der Waals surface area contributed by atoms with Crippen LogP contribution >= 0.6 is 0 Å². The van der Waals surface area contributed by atoms with Crippen LogP contribution in [-0.4, -0.2) is 24.9 Å². The number of fused-ring (bicyclic) bond motifs is 15. The van der Waals surface area contributed by atoms with Crippen LogP contribution in [0.1, 0.15) is 265 Å². The van der Waals surface area contributed by atoms with E-state index in [1.165, 1.54) is 55.9 Å². The zero-order chi connectivity index (χ0) is 109. The standard InChI is InChI=1S/3C26H31N2O.2C25H29N2O/c2*1-15(2)12-19-13-23(28(7)14-18(19)6)24-17(5)8-9-20-21-10-11-22(16(3)4)27-26(21)29-25(20)24;1-15(2)12-19-14-28(7)23(13-18(19)6)24-17(5)8-9-20-21-10-11-22(16(3)4)27-26(21)29-25(20)24;2*1-7-19-9-11-21-20-10-8-16(4)23(24(20)28-25(21)26-19)22-13-18(12-15(2)3)17(5)14-27(22)6/h3*8-11,13-16H,12H2,1-7H3;2*8-11,13-15H,7,12H2,1-6H3/q5*+1/i6D3;;12D2;5D3;. The van der Waals surface area contributed by atoms with E-state index in [4.69, 9.17) is 53.0 Å². The number of hydrogen-bond donors (Lipinski definition) is 0. The Kier molecular flexibility index (Phi) is 27.2. The highest BCUT2D eigenvalue weighted by atomic mass is 16.4. The van der Waals surface area contributed by atoms with Crippen LogP contribution in [0.3, 0.4) is 0 Å². The molecule has 0 aliphatic rings. The first kappa shape index (κ1) is 92.0. The smallest absolute Gasteiger partial charge is 0.227 e. The van der Waals surface area contributed by atoms with Gasteiger partial charge in [0.05, 0.1) is 27.8 Å². The Balaban J connectivity index is 0.000000134. The number of aromatic nitrogens is 10. The van der Waals surface area contributed by atoms with Crippen molar-refractivity contribution in [3.63, 3.8) is 0 Å². The molecule has 0 aliphatic heterocycles. The fraction of sp³-hybridized carbons (Fsp3) is 0.375. The second-order valence-electron chi connectivity index (χ2n) is 42.9. The molecule has 15 heterocycles. The number of aryl methyl sites for hydroxylation is 17. The molecule has 0 amide bonds. The summed E-state index contributed by atoms with van der Waals surface area (Å²) in [4.78, 5) is 23.7. The van der Waals surface area contributed by atoms with Crippen LogP contribution in [0.25, 0.3) is 167 Å². The Bertz CT molecular complexity index is 8610. The molecular formula is C128H151N10O5+5. The lowest BCUT2D eigenvalue weighted by Crippen LogP contribution is -2.32. The van der Waals surface area contributed by atoms with Crippen molar-refractivity contribution < 1.29 is 55.9 Å². The molecule has 0 unspecified atom stereocenters. The highest BCUT2D eigenvalue weighted by Crippen LogP contribution is 2.45. The minimum Gasteiger partial charge on any atom is -0.437 e. The Hall–Kier alpha value is -13.4. The van der Waals surface area contributed by atoms with Crippen molar-refractivity contribution in [1.29, 1.82) is 0 Å². The number of benzene rings is 5. The summed E-state index contributed by atoms with van der Waals surface area (Å²) in [5.41, 5.74) is 38.9. The summed E-state index contributed by atoms with van der Waals surface area (Å²) < 4.78 is 107. The Morgan fingerprint density at radius 2 is 0.483 bits per heavy atom. The molecule has 5 aromatic carbocycles. The van der Waals surface area contributed by atoms with Gasteiger partial charge in [0, 0.05) is 151 Å². The van der Waals surface area contributed by atoms with Gasteiger partial charge in [-0.2, -0.15) is 0 Å². The zero-order valence-corrected chi connectivity index (χ0v) is 90.2. The van der Waals surface area contributed by atoms with Gasteiger partial charge in [-0.15, -0.1) is 0 Å². The largest absolute Gasteiger partial charge is 0.437 e. The highest BCUT2D eigenvalue weighted by molar-refractivity contribution is 6.13. The summed E-state index contributed by atoms with van der Waals surface area (Å²) in [6.45, 7) is 51.0. The van der Waals surface area contributed by atoms with Crippen LogP contribution in [0.2, 0.25) is 0 Å². The molecule has 15 heteroatoms. The maximum atomic E-state index is 8.56. The lowest BCUT2D eigenvalue weighted by molar-refractivity contribution is -0.661. The first-order valence-corrected chi connectivity index (χ1v) is 51.4. The van der Waals surface area contributed by atoms with Gasteiger partial charge in [-0.3, -0.25) is 0 Å². The molecule has 0 saturated carbocycles. The summed E-state index contributed by atoms with van der Waals surface area (Å²) in [7, 11) is 10.0. The Labute approximate surface area is 858 Å². The molecule has 0 aliphatic carbocycles. The minimum atomic E-state index is -2.15. The number of furan rings is 5. The van der Waals surface area contributed by atoms with E-state index in [1.807, 2.05) is 80.0 Å². The first-order valence-electron chi connectivity index (χ1n) is 55.4. The van der Waals surface area contributed by atoms with E-state index in [1.54, 1.807) is 12.4 Å². The van der Waals surface area contributed by atoms with Gasteiger partial charge in [0.25, 0.3) is 0 Å².